The van der Waals surface area contributed by atoms with Crippen molar-refractivity contribution in [3.05, 3.63) is 34.9 Å². The van der Waals surface area contributed by atoms with E-state index in [4.69, 9.17) is 7.98 Å². The summed E-state index contributed by atoms with van der Waals surface area (Å²) in [6, 6.07) is 5.83. The fourth-order valence-electron chi connectivity index (χ4n) is 1.92. The summed E-state index contributed by atoms with van der Waals surface area (Å²) in [6.07, 6.45) is 0. The van der Waals surface area contributed by atoms with Crippen molar-refractivity contribution in [3.63, 3.8) is 0 Å². The van der Waals surface area contributed by atoms with Gasteiger partial charge in [0.25, 0.3) is 0 Å². The number of nitrogens with zero attached hydrogens (tertiary/aromatic N) is 1. The van der Waals surface area contributed by atoms with E-state index < -0.39 is 0 Å². The van der Waals surface area contributed by atoms with Crippen LogP contribution in [0.2, 0.25) is 0 Å². The number of amides is 1. The molecular weight excluding hydrogens is 173 g/mol. The van der Waals surface area contributed by atoms with Crippen molar-refractivity contribution in [2.75, 3.05) is 0 Å². The van der Waals surface area contributed by atoms with E-state index >= 15 is 0 Å². The normalized spacial score (nSPS) is 15.1. The smallest absolute Gasteiger partial charge is 0.241 e. The molecule has 1 aliphatic rings. The van der Waals surface area contributed by atoms with E-state index in [-0.39, 0.29) is 5.91 Å². The van der Waals surface area contributed by atoms with Crippen molar-refractivity contribution in [1.29, 1.82) is 0 Å². The molecule has 0 unspecified atom stereocenters. The molecule has 1 amide bonds. The maximum atomic E-state index is 11.6. The summed E-state index contributed by atoms with van der Waals surface area (Å²) in [6.45, 7) is 4.79. The number of carbonyl (C=O) groups excluding carboxylic acids is 1. The average molecular weight is 185 g/mol. The Kier molecular flexibility index (Phi) is 2.10. The van der Waals surface area contributed by atoms with Gasteiger partial charge in [0.05, 0.1) is 0 Å². The van der Waals surface area contributed by atoms with Gasteiger partial charge < -0.3 is 4.81 Å². The van der Waals surface area contributed by atoms with Gasteiger partial charge in [-0.05, 0) is 23.1 Å². The maximum absolute atomic E-state index is 11.6. The van der Waals surface area contributed by atoms with Crippen LogP contribution in [0.15, 0.2) is 18.2 Å². The lowest BCUT2D eigenvalue weighted by atomic mass is 9.95. The molecule has 0 aromatic heterocycles. The van der Waals surface area contributed by atoms with Gasteiger partial charge in [0.1, 0.15) is 0 Å². The van der Waals surface area contributed by atoms with Crippen LogP contribution < -0.4 is 0 Å². The van der Waals surface area contributed by atoms with Gasteiger partial charge in [-0.25, -0.2) is 0 Å². The molecule has 0 spiro atoms. The molecule has 0 atom stereocenters. The molecule has 0 aliphatic carbocycles. The lowest BCUT2D eigenvalue weighted by Crippen LogP contribution is -2.19. The monoisotopic (exact) mass is 185 g/mol. The molecule has 1 aromatic rings. The minimum atomic E-state index is -0.0671. The summed E-state index contributed by atoms with van der Waals surface area (Å²) in [5.41, 5.74) is 3.08. The second-order valence-corrected chi connectivity index (χ2v) is 3.96. The molecule has 3 heteroatoms. The van der Waals surface area contributed by atoms with Crippen LogP contribution in [0.1, 0.15) is 41.3 Å². The third kappa shape index (κ3) is 1.24. The van der Waals surface area contributed by atoms with E-state index in [0.29, 0.717) is 12.5 Å². The zero-order valence-corrected chi connectivity index (χ0v) is 8.45. The van der Waals surface area contributed by atoms with Gasteiger partial charge in [0, 0.05) is 12.1 Å². The highest BCUT2D eigenvalue weighted by molar-refractivity contribution is 6.20. The summed E-state index contributed by atoms with van der Waals surface area (Å²) in [4.78, 5) is 12.8. The summed E-state index contributed by atoms with van der Waals surface area (Å²) >= 11 is 0. The lowest BCUT2D eigenvalue weighted by molar-refractivity contribution is 0.0880. The molecule has 1 aliphatic heterocycles. The third-order valence-electron chi connectivity index (χ3n) is 2.65. The standard InChI is InChI=1S/C11H12BNO/c1-7(2)8-4-3-5-9-10(8)6-13(12)11(9)14/h3-5,7H,6H2,1-2H3. The van der Waals surface area contributed by atoms with Crippen molar-refractivity contribution in [2.45, 2.75) is 26.3 Å². The van der Waals surface area contributed by atoms with Crippen molar-refractivity contribution in [3.8, 4) is 0 Å². The molecule has 0 saturated carbocycles. The Labute approximate surface area is 85.3 Å². The van der Waals surface area contributed by atoms with Crippen molar-refractivity contribution < 1.29 is 4.79 Å². The van der Waals surface area contributed by atoms with Gasteiger partial charge in [-0.3, -0.25) is 4.79 Å². The van der Waals surface area contributed by atoms with Crippen LogP contribution >= 0.6 is 0 Å². The number of hydrogen-bond donors (Lipinski definition) is 0. The molecule has 14 heavy (non-hydrogen) atoms. The molecule has 1 aromatic carbocycles. The number of fused-ring (bicyclic) bond motifs is 1. The van der Waals surface area contributed by atoms with Crippen LogP contribution in [0.25, 0.3) is 0 Å². The topological polar surface area (TPSA) is 20.3 Å². The minimum absolute atomic E-state index is 0.0671. The summed E-state index contributed by atoms with van der Waals surface area (Å²) in [5, 5.41) is 0. The predicted octanol–water partition coefficient (Wildman–Crippen LogP) is 1.85. The third-order valence-corrected chi connectivity index (χ3v) is 2.65. The van der Waals surface area contributed by atoms with E-state index in [1.165, 1.54) is 10.4 Å². The van der Waals surface area contributed by atoms with Gasteiger partial charge in [0.15, 0.2) is 0 Å². The molecule has 2 nitrogen and oxygen atoms in total. The molecule has 0 bridgehead atoms. The number of carbonyl (C=O) groups is 1. The Morgan fingerprint density at radius 2 is 2.14 bits per heavy atom. The first-order valence-electron chi connectivity index (χ1n) is 4.79. The fourth-order valence-corrected chi connectivity index (χ4v) is 1.92. The highest BCUT2D eigenvalue weighted by Crippen LogP contribution is 2.28. The Morgan fingerprint density at radius 3 is 2.79 bits per heavy atom. The lowest BCUT2D eigenvalue weighted by Gasteiger charge is -2.10. The molecule has 2 radical (unpaired) electrons. The van der Waals surface area contributed by atoms with Gasteiger partial charge in [0.2, 0.25) is 13.9 Å². The predicted molar refractivity (Wildman–Crippen MR) is 56.2 cm³/mol. The van der Waals surface area contributed by atoms with Crippen molar-refractivity contribution in [1.82, 2.24) is 4.81 Å². The molecule has 0 saturated heterocycles. The second kappa shape index (κ2) is 3.16. The first-order chi connectivity index (χ1) is 6.61. The van der Waals surface area contributed by atoms with E-state index in [1.807, 2.05) is 12.1 Å². The van der Waals surface area contributed by atoms with Crippen molar-refractivity contribution >= 4 is 13.9 Å². The maximum Gasteiger partial charge on any atom is 0.241 e. The number of hydrogen-bond acceptors (Lipinski definition) is 1. The van der Waals surface area contributed by atoms with E-state index in [0.717, 1.165) is 11.1 Å². The zero-order chi connectivity index (χ0) is 10.3. The highest BCUT2D eigenvalue weighted by atomic mass is 16.2. The van der Waals surface area contributed by atoms with Crippen LogP contribution in [0.5, 0.6) is 0 Å². The first-order valence-corrected chi connectivity index (χ1v) is 4.79. The molecule has 70 valence electrons. The van der Waals surface area contributed by atoms with Crippen LogP contribution in [-0.2, 0) is 6.54 Å². The average Bonchev–Trinajstić information content (AvgIpc) is 2.43. The minimum Gasteiger partial charge on any atom is -0.389 e. The second-order valence-electron chi connectivity index (χ2n) is 3.96. The Morgan fingerprint density at radius 1 is 1.43 bits per heavy atom. The molecular formula is C11H12BNO. The van der Waals surface area contributed by atoms with Gasteiger partial charge in [-0.1, -0.05) is 26.0 Å². The Hall–Kier alpha value is -1.25. The van der Waals surface area contributed by atoms with Crippen LogP contribution in [0.3, 0.4) is 0 Å². The van der Waals surface area contributed by atoms with E-state index in [1.54, 1.807) is 0 Å². The summed E-state index contributed by atoms with van der Waals surface area (Å²) in [7, 11) is 5.58. The molecule has 0 fully saturated rings. The zero-order valence-electron chi connectivity index (χ0n) is 8.45. The van der Waals surface area contributed by atoms with Crippen LogP contribution in [0, 0.1) is 0 Å². The Balaban J connectivity index is 2.56. The van der Waals surface area contributed by atoms with Gasteiger partial charge in [-0.15, -0.1) is 0 Å². The molecule has 2 rings (SSSR count). The number of benzene rings is 1. The number of rotatable bonds is 1. The Bertz CT molecular complexity index is 387. The molecule has 1 heterocycles. The van der Waals surface area contributed by atoms with Gasteiger partial charge >= 0.3 is 0 Å². The quantitative estimate of drug-likeness (QED) is 0.611. The summed E-state index contributed by atoms with van der Waals surface area (Å²) < 4.78 is 0. The van der Waals surface area contributed by atoms with E-state index in [2.05, 4.69) is 19.9 Å². The van der Waals surface area contributed by atoms with Crippen LogP contribution in [0.4, 0.5) is 0 Å². The van der Waals surface area contributed by atoms with E-state index in [9.17, 15) is 4.79 Å². The highest BCUT2D eigenvalue weighted by Gasteiger charge is 2.26. The molecule has 0 N–H and O–H groups in total. The first kappa shape index (κ1) is 9.32. The van der Waals surface area contributed by atoms with Crippen LogP contribution in [-0.4, -0.2) is 18.7 Å². The largest absolute Gasteiger partial charge is 0.389 e. The van der Waals surface area contributed by atoms with Gasteiger partial charge in [-0.2, -0.15) is 0 Å². The summed E-state index contributed by atoms with van der Waals surface area (Å²) in [5.74, 6) is 0.367. The SMILES string of the molecule is [B]N1Cc2c(cccc2C(C)C)C1=O. The fraction of sp³-hybridized carbons (Fsp3) is 0.364. The van der Waals surface area contributed by atoms with Crippen molar-refractivity contribution in [2.24, 2.45) is 0 Å².